The summed E-state index contributed by atoms with van der Waals surface area (Å²) in [6, 6.07) is 2.88. The first-order chi connectivity index (χ1) is 8.45. The van der Waals surface area contributed by atoms with E-state index >= 15 is 0 Å². The van der Waals surface area contributed by atoms with Crippen LogP contribution in [0.4, 0.5) is 0 Å². The number of piperidine rings is 1. The van der Waals surface area contributed by atoms with E-state index in [0.29, 0.717) is 11.6 Å². The molecule has 2 rings (SSSR count). The molecular formula is C15H27N3. The Balaban J connectivity index is 1.74. The highest BCUT2D eigenvalue weighted by molar-refractivity contribution is 5.09. The predicted octanol–water partition coefficient (Wildman–Crippen LogP) is 2.38. The first-order valence-electron chi connectivity index (χ1n) is 7.04. The summed E-state index contributed by atoms with van der Waals surface area (Å²) in [5, 5.41) is 3.68. The van der Waals surface area contributed by atoms with Gasteiger partial charge in [0.2, 0.25) is 0 Å². The molecule has 1 saturated heterocycles. The second-order valence-electron chi connectivity index (χ2n) is 6.50. The van der Waals surface area contributed by atoms with E-state index in [9.17, 15) is 0 Å². The van der Waals surface area contributed by atoms with Gasteiger partial charge in [0, 0.05) is 50.7 Å². The predicted molar refractivity (Wildman–Crippen MR) is 76.6 cm³/mol. The normalized spacial score (nSPS) is 19.3. The summed E-state index contributed by atoms with van der Waals surface area (Å²) in [6.07, 6.45) is 6.84. The van der Waals surface area contributed by atoms with Gasteiger partial charge in [0.25, 0.3) is 0 Å². The molecule has 0 radical (unpaired) electrons. The van der Waals surface area contributed by atoms with Gasteiger partial charge in [0.05, 0.1) is 0 Å². The number of nitrogens with one attached hydrogen (secondary N) is 1. The van der Waals surface area contributed by atoms with Crippen molar-refractivity contribution in [3.8, 4) is 0 Å². The molecule has 0 aromatic carbocycles. The number of nitrogens with zero attached hydrogens (tertiary/aromatic N) is 2. The average Bonchev–Trinajstić information content (AvgIpc) is 2.72. The zero-order valence-corrected chi connectivity index (χ0v) is 12.2. The van der Waals surface area contributed by atoms with Crippen LogP contribution in [0.2, 0.25) is 0 Å². The lowest BCUT2D eigenvalue weighted by atomic mass is 9.98. The van der Waals surface area contributed by atoms with Gasteiger partial charge in [-0.3, -0.25) is 4.90 Å². The molecule has 0 spiro atoms. The largest absolute Gasteiger partial charge is 0.357 e. The smallest absolute Gasteiger partial charge is 0.0223 e. The molecule has 102 valence electrons. The topological polar surface area (TPSA) is 20.2 Å². The molecule has 0 bridgehead atoms. The summed E-state index contributed by atoms with van der Waals surface area (Å²) in [5.41, 5.74) is 1.71. The van der Waals surface area contributed by atoms with Crippen LogP contribution in [0.25, 0.3) is 0 Å². The highest BCUT2D eigenvalue weighted by atomic mass is 15.2. The quantitative estimate of drug-likeness (QED) is 0.887. The molecule has 1 aromatic rings. The number of hydrogen-bond donors (Lipinski definition) is 1. The Bertz CT molecular complexity index is 367. The molecule has 0 aliphatic carbocycles. The Kier molecular flexibility index (Phi) is 4.13. The minimum atomic E-state index is 0.324. The Morgan fingerprint density at radius 1 is 1.28 bits per heavy atom. The van der Waals surface area contributed by atoms with Crippen LogP contribution in [0.3, 0.4) is 0 Å². The van der Waals surface area contributed by atoms with Crippen LogP contribution < -0.4 is 5.32 Å². The van der Waals surface area contributed by atoms with Crippen LogP contribution in [0.5, 0.6) is 0 Å². The fourth-order valence-corrected chi connectivity index (χ4v) is 2.68. The summed E-state index contributed by atoms with van der Waals surface area (Å²) < 4.78 is 2.11. The van der Waals surface area contributed by atoms with Gasteiger partial charge < -0.3 is 9.88 Å². The van der Waals surface area contributed by atoms with Crippen LogP contribution in [0.1, 0.15) is 39.2 Å². The molecule has 1 fully saturated rings. The molecule has 3 nitrogen and oxygen atoms in total. The second kappa shape index (κ2) is 5.45. The third-order valence-corrected chi connectivity index (χ3v) is 3.93. The van der Waals surface area contributed by atoms with Gasteiger partial charge in [-0.2, -0.15) is 0 Å². The lowest BCUT2D eigenvalue weighted by molar-refractivity contribution is 0.0960. The fraction of sp³-hybridized carbons (Fsp3) is 0.733. The maximum absolute atomic E-state index is 3.68. The fourth-order valence-electron chi connectivity index (χ4n) is 2.68. The van der Waals surface area contributed by atoms with Crippen molar-refractivity contribution >= 4 is 0 Å². The minimum absolute atomic E-state index is 0.324. The molecule has 1 aromatic heterocycles. The third-order valence-electron chi connectivity index (χ3n) is 3.93. The van der Waals surface area contributed by atoms with E-state index in [1.54, 1.807) is 0 Å². The van der Waals surface area contributed by atoms with E-state index in [1.165, 1.54) is 31.5 Å². The van der Waals surface area contributed by atoms with E-state index < -0.39 is 0 Å². The standard InChI is InChI=1S/C15H27N3/c1-15(2,3)18-9-6-14(7-10-18)16-11-13-5-8-17(4)12-13/h5,8,12,14,16H,6-7,9-11H2,1-4H3. The summed E-state index contributed by atoms with van der Waals surface area (Å²) in [5.74, 6) is 0. The number of hydrogen-bond acceptors (Lipinski definition) is 2. The Hall–Kier alpha value is -0.800. The molecule has 18 heavy (non-hydrogen) atoms. The highest BCUT2D eigenvalue weighted by Crippen LogP contribution is 2.20. The number of likely N-dealkylation sites (tertiary alicyclic amines) is 1. The van der Waals surface area contributed by atoms with E-state index in [0.717, 1.165) is 6.54 Å². The maximum Gasteiger partial charge on any atom is 0.0223 e. The maximum atomic E-state index is 3.68. The number of aromatic nitrogens is 1. The van der Waals surface area contributed by atoms with E-state index in [2.05, 4.69) is 61.1 Å². The van der Waals surface area contributed by atoms with Crippen molar-refractivity contribution in [1.82, 2.24) is 14.8 Å². The SMILES string of the molecule is Cn1ccc(CNC2CCN(C(C)(C)C)CC2)c1. The van der Waals surface area contributed by atoms with Crippen molar-refractivity contribution < 1.29 is 0 Å². The van der Waals surface area contributed by atoms with Gasteiger partial charge >= 0.3 is 0 Å². The van der Waals surface area contributed by atoms with Crippen LogP contribution in [0.15, 0.2) is 18.5 Å². The van der Waals surface area contributed by atoms with Crippen molar-refractivity contribution in [3.63, 3.8) is 0 Å². The molecule has 2 heterocycles. The number of aryl methyl sites for hydroxylation is 1. The van der Waals surface area contributed by atoms with Crippen molar-refractivity contribution in [1.29, 1.82) is 0 Å². The molecule has 0 atom stereocenters. The molecule has 1 aliphatic heterocycles. The highest BCUT2D eigenvalue weighted by Gasteiger charge is 2.26. The first kappa shape index (κ1) is 13.6. The van der Waals surface area contributed by atoms with E-state index in [4.69, 9.17) is 0 Å². The minimum Gasteiger partial charge on any atom is -0.357 e. The molecule has 1 aliphatic rings. The van der Waals surface area contributed by atoms with Crippen molar-refractivity contribution in [2.45, 2.75) is 51.7 Å². The molecule has 1 N–H and O–H groups in total. The molecule has 3 heteroatoms. The average molecular weight is 249 g/mol. The second-order valence-corrected chi connectivity index (χ2v) is 6.50. The third kappa shape index (κ3) is 3.59. The van der Waals surface area contributed by atoms with Gasteiger partial charge in [-0.25, -0.2) is 0 Å². The lowest BCUT2D eigenvalue weighted by Crippen LogP contribution is -2.49. The van der Waals surface area contributed by atoms with Crippen LogP contribution in [-0.2, 0) is 13.6 Å². The Labute approximate surface area is 111 Å². The first-order valence-corrected chi connectivity index (χ1v) is 7.04. The lowest BCUT2D eigenvalue weighted by Gasteiger charge is -2.41. The van der Waals surface area contributed by atoms with Gasteiger partial charge in [-0.1, -0.05) is 0 Å². The van der Waals surface area contributed by atoms with Crippen molar-refractivity contribution in [3.05, 3.63) is 24.0 Å². The van der Waals surface area contributed by atoms with Crippen LogP contribution >= 0.6 is 0 Å². The zero-order valence-electron chi connectivity index (χ0n) is 12.2. The summed E-state index contributed by atoms with van der Waals surface area (Å²) in [7, 11) is 2.07. The molecule has 0 saturated carbocycles. The van der Waals surface area contributed by atoms with Gasteiger partial charge in [0.1, 0.15) is 0 Å². The summed E-state index contributed by atoms with van der Waals surface area (Å²) in [6.45, 7) is 10.4. The van der Waals surface area contributed by atoms with Crippen molar-refractivity contribution in [2.24, 2.45) is 7.05 Å². The molecular weight excluding hydrogens is 222 g/mol. The summed E-state index contributed by atoms with van der Waals surface area (Å²) >= 11 is 0. The molecule has 0 unspecified atom stereocenters. The molecule has 0 amide bonds. The van der Waals surface area contributed by atoms with Gasteiger partial charge in [-0.15, -0.1) is 0 Å². The monoisotopic (exact) mass is 249 g/mol. The van der Waals surface area contributed by atoms with Crippen LogP contribution in [-0.4, -0.2) is 34.1 Å². The van der Waals surface area contributed by atoms with Gasteiger partial charge in [0.15, 0.2) is 0 Å². The summed E-state index contributed by atoms with van der Waals surface area (Å²) in [4.78, 5) is 2.59. The van der Waals surface area contributed by atoms with E-state index in [-0.39, 0.29) is 0 Å². The Morgan fingerprint density at radius 3 is 2.44 bits per heavy atom. The van der Waals surface area contributed by atoms with Crippen molar-refractivity contribution in [2.75, 3.05) is 13.1 Å². The van der Waals surface area contributed by atoms with E-state index in [1.807, 2.05) is 0 Å². The Morgan fingerprint density at radius 2 is 1.94 bits per heavy atom. The zero-order chi connectivity index (χ0) is 13.2. The number of rotatable bonds is 3. The van der Waals surface area contributed by atoms with Crippen LogP contribution in [0, 0.1) is 0 Å². The van der Waals surface area contributed by atoms with Gasteiger partial charge in [-0.05, 0) is 45.2 Å².